The van der Waals surface area contributed by atoms with Crippen LogP contribution in [-0.4, -0.2) is 19.1 Å². The first-order valence-electron chi connectivity index (χ1n) is 10.4. The van der Waals surface area contributed by atoms with E-state index in [1.54, 1.807) is 0 Å². The summed E-state index contributed by atoms with van der Waals surface area (Å²) >= 11 is 0. The molecule has 4 aromatic rings. The maximum Gasteiger partial charge on any atom is 0.167 e. The minimum atomic E-state index is -1.45. The predicted octanol–water partition coefficient (Wildman–Crippen LogP) is 5.32. The molecule has 2 aromatic carbocycles. The molecule has 0 bridgehead atoms. The summed E-state index contributed by atoms with van der Waals surface area (Å²) in [4.78, 5) is 4.62. The largest absolute Gasteiger partial charge is 0.356 e. The van der Waals surface area contributed by atoms with E-state index in [0.717, 1.165) is 45.5 Å². The van der Waals surface area contributed by atoms with Gasteiger partial charge in [-0.15, -0.1) is 0 Å². The Morgan fingerprint density at radius 3 is 2.58 bits per heavy atom. The van der Waals surface area contributed by atoms with E-state index in [9.17, 15) is 4.21 Å². The van der Waals surface area contributed by atoms with Gasteiger partial charge in [0.1, 0.15) is 5.69 Å². The molecule has 0 fully saturated rings. The molecule has 31 heavy (non-hydrogen) atoms. The molecular formula is C25H27N3O2S. The number of para-hydroxylation sites is 1. The molecule has 160 valence electrons. The Morgan fingerprint density at radius 2 is 1.81 bits per heavy atom. The van der Waals surface area contributed by atoms with Gasteiger partial charge < -0.3 is 4.52 Å². The number of aromatic nitrogens is 2. The lowest BCUT2D eigenvalue weighted by Crippen LogP contribution is -2.34. The first-order valence-corrected chi connectivity index (χ1v) is 11.6. The number of nitrogens with two attached hydrogens (primary N) is 1. The topological polar surface area (TPSA) is 82.0 Å². The van der Waals surface area contributed by atoms with Gasteiger partial charge in [-0.05, 0) is 68.9 Å². The van der Waals surface area contributed by atoms with Crippen LogP contribution in [0.1, 0.15) is 43.0 Å². The Hall–Kier alpha value is -2.83. The first-order chi connectivity index (χ1) is 14.9. The Labute approximate surface area is 185 Å². The van der Waals surface area contributed by atoms with Gasteiger partial charge in [-0.25, -0.2) is 4.21 Å². The summed E-state index contributed by atoms with van der Waals surface area (Å²) in [5.41, 5.74) is 5.90. The molecule has 0 aliphatic heterocycles. The predicted molar refractivity (Wildman–Crippen MR) is 126 cm³/mol. The van der Waals surface area contributed by atoms with Crippen LogP contribution < -0.4 is 5.14 Å². The molecule has 5 nitrogen and oxygen atoms in total. The van der Waals surface area contributed by atoms with Gasteiger partial charge >= 0.3 is 0 Å². The summed E-state index contributed by atoms with van der Waals surface area (Å²) in [6.45, 7) is 5.98. The summed E-state index contributed by atoms with van der Waals surface area (Å²) in [5, 5.41) is 11.2. The van der Waals surface area contributed by atoms with Gasteiger partial charge in [-0.2, -0.15) is 0 Å². The molecule has 2 aromatic heterocycles. The molecule has 0 radical (unpaired) electrons. The molecule has 2 heterocycles. The van der Waals surface area contributed by atoms with Gasteiger partial charge in [0.05, 0.1) is 15.7 Å². The quantitative estimate of drug-likeness (QED) is 0.428. The number of aryl methyl sites for hydroxylation is 1. The fourth-order valence-electron chi connectivity index (χ4n) is 4.08. The summed E-state index contributed by atoms with van der Waals surface area (Å²) in [7, 11) is -1.45. The molecule has 0 saturated carbocycles. The smallest absolute Gasteiger partial charge is 0.167 e. The van der Waals surface area contributed by atoms with E-state index in [2.05, 4.69) is 35.3 Å². The normalized spacial score (nSPS) is 13.9. The average Bonchev–Trinajstić information content (AvgIpc) is 3.18. The number of rotatable bonds is 7. The Kier molecular flexibility index (Phi) is 6.03. The van der Waals surface area contributed by atoms with Crippen molar-refractivity contribution in [3.8, 4) is 11.3 Å². The number of benzene rings is 2. The highest BCUT2D eigenvalue weighted by Gasteiger charge is 2.31. The summed E-state index contributed by atoms with van der Waals surface area (Å²) in [6.07, 6.45) is 3.20. The van der Waals surface area contributed by atoms with Crippen molar-refractivity contribution in [2.24, 2.45) is 5.14 Å². The van der Waals surface area contributed by atoms with Crippen molar-refractivity contribution in [1.29, 1.82) is 0 Å². The number of fused-ring (bicyclic) bond motifs is 1. The van der Waals surface area contributed by atoms with Crippen molar-refractivity contribution in [1.82, 2.24) is 10.1 Å². The van der Waals surface area contributed by atoms with Gasteiger partial charge in [0, 0.05) is 22.8 Å². The molecule has 0 aliphatic carbocycles. The number of pyridine rings is 1. The van der Waals surface area contributed by atoms with E-state index >= 15 is 0 Å². The fraction of sp³-hybridized carbons (Fsp3) is 0.280. The van der Waals surface area contributed by atoms with Crippen molar-refractivity contribution >= 4 is 22.0 Å². The van der Waals surface area contributed by atoms with Crippen LogP contribution in [-0.2, 0) is 17.4 Å². The molecule has 2 N–H and O–H groups in total. The third kappa shape index (κ3) is 4.45. The van der Waals surface area contributed by atoms with Crippen molar-refractivity contribution in [2.75, 3.05) is 0 Å². The van der Waals surface area contributed by atoms with Gasteiger partial charge in [0.15, 0.2) is 5.58 Å². The van der Waals surface area contributed by atoms with Crippen LogP contribution >= 0.6 is 0 Å². The molecule has 0 aliphatic rings. The zero-order valence-corrected chi connectivity index (χ0v) is 18.9. The minimum absolute atomic E-state index is 0.0581. The maximum absolute atomic E-state index is 12.3. The van der Waals surface area contributed by atoms with Crippen molar-refractivity contribution in [2.45, 2.75) is 44.3 Å². The monoisotopic (exact) mass is 433 g/mol. The highest BCUT2D eigenvalue weighted by atomic mass is 32.2. The Bertz CT molecular complexity index is 1230. The number of nitrogens with zero attached hydrogens (tertiary/aromatic N) is 2. The second kappa shape index (κ2) is 8.73. The van der Waals surface area contributed by atoms with Gasteiger partial charge in [-0.1, -0.05) is 47.6 Å². The van der Waals surface area contributed by atoms with E-state index in [1.165, 1.54) is 0 Å². The lowest BCUT2D eigenvalue weighted by molar-refractivity contribution is 0.459. The van der Waals surface area contributed by atoms with Gasteiger partial charge in [0.2, 0.25) is 0 Å². The lowest BCUT2D eigenvalue weighted by atomic mass is 9.82. The Balaban J connectivity index is 1.84. The van der Waals surface area contributed by atoms with Crippen LogP contribution in [0.4, 0.5) is 0 Å². The van der Waals surface area contributed by atoms with Crippen molar-refractivity contribution in [3.63, 3.8) is 0 Å². The van der Waals surface area contributed by atoms with E-state index in [4.69, 9.17) is 9.66 Å². The molecule has 0 saturated heterocycles. The molecule has 0 spiro atoms. The molecule has 6 heteroatoms. The van der Waals surface area contributed by atoms with Crippen LogP contribution in [0.5, 0.6) is 0 Å². The maximum atomic E-state index is 12.3. The van der Waals surface area contributed by atoms with E-state index in [0.29, 0.717) is 6.42 Å². The third-order valence-corrected chi connectivity index (χ3v) is 7.13. The van der Waals surface area contributed by atoms with Gasteiger partial charge in [-0.3, -0.25) is 10.1 Å². The van der Waals surface area contributed by atoms with Crippen LogP contribution in [0, 0.1) is 6.92 Å². The lowest BCUT2D eigenvalue weighted by Gasteiger charge is -2.29. The molecule has 4 rings (SSSR count). The summed E-state index contributed by atoms with van der Waals surface area (Å²) < 4.78 is 17.3. The van der Waals surface area contributed by atoms with E-state index in [-0.39, 0.29) is 5.92 Å². The van der Waals surface area contributed by atoms with Crippen LogP contribution in [0.25, 0.3) is 22.2 Å². The third-order valence-electron chi connectivity index (χ3n) is 5.87. The van der Waals surface area contributed by atoms with Gasteiger partial charge in [0.25, 0.3) is 0 Å². The SMILES string of the molecule is Cc1cccnc1C[C@@H](CC(C)(C)S(N)=O)c1ccccc1-c1noc2ccccc12. The molecule has 1 unspecified atom stereocenters. The molecular weight excluding hydrogens is 406 g/mol. The Morgan fingerprint density at radius 1 is 1.06 bits per heavy atom. The van der Waals surface area contributed by atoms with E-state index in [1.807, 2.05) is 62.5 Å². The second-order valence-corrected chi connectivity index (χ2v) is 10.2. The summed E-state index contributed by atoms with van der Waals surface area (Å²) in [6, 6.07) is 20.1. The standard InChI is InChI=1S/C25H27N3O2S/c1-17-9-8-14-27-22(17)15-18(16-25(2,3)31(26)29)19-10-4-5-11-20(19)24-21-12-6-7-13-23(21)30-28-24/h4-14,18H,15-16,26H2,1-3H3/t18-,31?/m0/s1. The van der Waals surface area contributed by atoms with Crippen LogP contribution in [0.2, 0.25) is 0 Å². The fourth-order valence-corrected chi connectivity index (χ4v) is 4.45. The second-order valence-electron chi connectivity index (χ2n) is 8.54. The van der Waals surface area contributed by atoms with Crippen molar-refractivity contribution in [3.05, 3.63) is 83.7 Å². The molecule has 2 atom stereocenters. The average molecular weight is 434 g/mol. The molecule has 0 amide bonds. The number of hydrogen-bond donors (Lipinski definition) is 1. The highest BCUT2D eigenvalue weighted by molar-refractivity contribution is 7.84. The zero-order valence-electron chi connectivity index (χ0n) is 18.0. The van der Waals surface area contributed by atoms with Crippen molar-refractivity contribution < 1.29 is 8.73 Å². The highest BCUT2D eigenvalue weighted by Crippen LogP contribution is 2.39. The van der Waals surface area contributed by atoms with Crippen LogP contribution in [0.3, 0.4) is 0 Å². The minimum Gasteiger partial charge on any atom is -0.356 e. The first kappa shape index (κ1) is 21.4. The zero-order chi connectivity index (χ0) is 22.0. The number of hydrogen-bond acceptors (Lipinski definition) is 4. The van der Waals surface area contributed by atoms with E-state index < -0.39 is 15.7 Å². The van der Waals surface area contributed by atoms with Crippen LogP contribution in [0.15, 0.2) is 71.4 Å². The summed E-state index contributed by atoms with van der Waals surface area (Å²) in [5.74, 6) is 0.0581.